The van der Waals surface area contributed by atoms with Crippen LogP contribution in [0.1, 0.15) is 43.7 Å². The summed E-state index contributed by atoms with van der Waals surface area (Å²) < 4.78 is 11.3. The largest absolute Gasteiger partial charge is 0.491 e. The minimum Gasteiger partial charge on any atom is -0.491 e. The van der Waals surface area contributed by atoms with Gasteiger partial charge in [0.15, 0.2) is 0 Å². The summed E-state index contributed by atoms with van der Waals surface area (Å²) >= 11 is 6.22. The number of cyclic esters (lactones) is 1. The number of hydrogen-bond acceptors (Lipinski definition) is 7. The first-order valence-corrected chi connectivity index (χ1v) is 12.8. The Kier molecular flexibility index (Phi) is 5.62. The minimum absolute atomic E-state index is 0.0658. The van der Waals surface area contributed by atoms with Crippen LogP contribution in [0, 0.1) is 0 Å². The van der Waals surface area contributed by atoms with Crippen LogP contribution in [0.25, 0.3) is 0 Å². The van der Waals surface area contributed by atoms with Crippen LogP contribution in [0.2, 0.25) is 5.02 Å². The average Bonchev–Trinajstić information content (AvgIpc) is 3.09. The SMILES string of the molecule is C[C@]1(O)C[C@@H](N2C(=O)OCc3cc(OCCN4CCC5(CC4)C(=O)Nc4ccc(Cl)cc45)cnc32)C1. The number of benzene rings is 1. The monoisotopic (exact) mass is 512 g/mol. The van der Waals surface area contributed by atoms with Gasteiger partial charge in [-0.2, -0.15) is 0 Å². The Bertz CT molecular complexity index is 1220. The Morgan fingerprint density at radius 2 is 2.03 bits per heavy atom. The molecule has 0 atom stereocenters. The van der Waals surface area contributed by atoms with E-state index in [1.807, 2.05) is 18.2 Å². The van der Waals surface area contributed by atoms with Crippen LogP contribution < -0.4 is 15.0 Å². The topological polar surface area (TPSA) is 104 Å². The van der Waals surface area contributed by atoms with Crippen LogP contribution in [-0.4, -0.2) is 64.9 Å². The number of ether oxygens (including phenoxy) is 2. The predicted molar refractivity (Wildman–Crippen MR) is 133 cm³/mol. The zero-order valence-electron chi connectivity index (χ0n) is 20.1. The highest BCUT2D eigenvalue weighted by atomic mass is 35.5. The van der Waals surface area contributed by atoms with Crippen LogP contribution in [0.15, 0.2) is 30.5 Å². The first-order valence-electron chi connectivity index (χ1n) is 12.4. The minimum atomic E-state index is -0.752. The van der Waals surface area contributed by atoms with Crippen LogP contribution in [-0.2, 0) is 21.6 Å². The molecule has 2 N–H and O–H groups in total. The van der Waals surface area contributed by atoms with Crippen molar-refractivity contribution in [2.75, 3.05) is 36.5 Å². The highest BCUT2D eigenvalue weighted by Gasteiger charge is 2.49. The molecule has 2 amide bonds. The smallest absolute Gasteiger partial charge is 0.416 e. The van der Waals surface area contributed by atoms with Crippen LogP contribution in [0.5, 0.6) is 5.75 Å². The number of piperidine rings is 1. The molecule has 10 heteroatoms. The fourth-order valence-electron chi connectivity index (χ4n) is 5.97. The van der Waals surface area contributed by atoms with Gasteiger partial charge in [0.1, 0.15) is 24.8 Å². The average molecular weight is 513 g/mol. The number of pyridine rings is 1. The molecule has 0 bridgehead atoms. The molecule has 9 nitrogen and oxygen atoms in total. The van der Waals surface area contributed by atoms with E-state index < -0.39 is 17.1 Å². The second-order valence-electron chi connectivity index (χ2n) is 10.6. The molecule has 3 aliphatic heterocycles. The maximum atomic E-state index is 12.8. The quantitative estimate of drug-likeness (QED) is 0.632. The number of likely N-dealkylation sites (tertiary alicyclic amines) is 1. The molecule has 1 aliphatic carbocycles. The fraction of sp³-hybridized carbons (Fsp3) is 0.500. The Morgan fingerprint density at radius 3 is 2.78 bits per heavy atom. The van der Waals surface area contributed by atoms with E-state index >= 15 is 0 Å². The van der Waals surface area contributed by atoms with Gasteiger partial charge in [-0.1, -0.05) is 11.6 Å². The third kappa shape index (κ3) is 3.99. The van der Waals surface area contributed by atoms with Gasteiger partial charge < -0.3 is 19.9 Å². The van der Waals surface area contributed by atoms with Gasteiger partial charge in [-0.15, -0.1) is 0 Å². The zero-order valence-corrected chi connectivity index (χ0v) is 20.9. The van der Waals surface area contributed by atoms with E-state index in [1.165, 1.54) is 0 Å². The number of aliphatic hydroxyl groups is 1. The van der Waals surface area contributed by atoms with E-state index in [9.17, 15) is 14.7 Å². The molecule has 1 saturated carbocycles. The van der Waals surface area contributed by atoms with Gasteiger partial charge in [-0.3, -0.25) is 14.6 Å². The lowest BCUT2D eigenvalue weighted by Gasteiger charge is -2.46. The number of anilines is 2. The first kappa shape index (κ1) is 23.5. The Morgan fingerprint density at radius 1 is 1.25 bits per heavy atom. The van der Waals surface area contributed by atoms with Gasteiger partial charge in [-0.05, 0) is 75.5 Å². The highest BCUT2D eigenvalue weighted by Crippen LogP contribution is 2.46. The summed E-state index contributed by atoms with van der Waals surface area (Å²) in [5.74, 6) is 1.27. The van der Waals surface area contributed by atoms with Gasteiger partial charge in [0, 0.05) is 28.9 Å². The van der Waals surface area contributed by atoms with Crippen molar-refractivity contribution in [3.8, 4) is 5.75 Å². The molecule has 2 aromatic rings. The molecule has 0 radical (unpaired) electrons. The van der Waals surface area contributed by atoms with E-state index in [0.29, 0.717) is 36.0 Å². The molecular weight excluding hydrogens is 484 g/mol. The summed E-state index contributed by atoms with van der Waals surface area (Å²) in [5, 5.41) is 13.7. The van der Waals surface area contributed by atoms with Gasteiger partial charge in [0.25, 0.3) is 0 Å². The Labute approximate surface area is 214 Å². The van der Waals surface area contributed by atoms with Crippen LogP contribution in [0.3, 0.4) is 0 Å². The van der Waals surface area contributed by atoms with Crippen molar-refractivity contribution >= 4 is 35.1 Å². The number of hydrogen-bond donors (Lipinski definition) is 2. The molecule has 1 aromatic carbocycles. The predicted octanol–water partition coefficient (Wildman–Crippen LogP) is 3.47. The second-order valence-corrected chi connectivity index (χ2v) is 11.0. The van der Waals surface area contributed by atoms with Gasteiger partial charge in [0.05, 0.1) is 17.2 Å². The van der Waals surface area contributed by atoms with Gasteiger partial charge >= 0.3 is 6.09 Å². The number of amides is 2. The first-order chi connectivity index (χ1) is 17.2. The third-order valence-electron chi connectivity index (χ3n) is 7.98. The molecule has 4 heterocycles. The van der Waals surface area contributed by atoms with Crippen molar-refractivity contribution in [2.45, 2.75) is 56.3 Å². The third-order valence-corrected chi connectivity index (χ3v) is 8.21. The van der Waals surface area contributed by atoms with Crippen LogP contribution in [0.4, 0.5) is 16.3 Å². The van der Waals surface area contributed by atoms with Gasteiger partial charge in [-0.25, -0.2) is 9.78 Å². The number of halogens is 1. The number of carbonyl (C=O) groups is 2. The number of nitrogens with one attached hydrogen (secondary N) is 1. The van der Waals surface area contributed by atoms with E-state index in [1.54, 1.807) is 24.1 Å². The maximum absolute atomic E-state index is 12.8. The van der Waals surface area contributed by atoms with Gasteiger partial charge in [0.2, 0.25) is 5.91 Å². The molecule has 36 heavy (non-hydrogen) atoms. The van der Waals surface area contributed by atoms with Crippen molar-refractivity contribution in [1.82, 2.24) is 9.88 Å². The molecule has 0 unspecified atom stereocenters. The van der Waals surface area contributed by atoms with Crippen molar-refractivity contribution in [1.29, 1.82) is 0 Å². The lowest BCUT2D eigenvalue weighted by Crippen LogP contribution is -2.57. The molecule has 2 fully saturated rings. The highest BCUT2D eigenvalue weighted by molar-refractivity contribution is 6.31. The zero-order chi connectivity index (χ0) is 25.1. The summed E-state index contributed by atoms with van der Waals surface area (Å²) in [6.45, 7) is 4.72. The summed E-state index contributed by atoms with van der Waals surface area (Å²) in [6.07, 6.45) is 3.69. The normalized spacial score (nSPS) is 26.6. The Hall–Kier alpha value is -2.88. The summed E-state index contributed by atoms with van der Waals surface area (Å²) in [4.78, 5) is 33.5. The number of carbonyl (C=O) groups excluding carboxylic acids is 2. The maximum Gasteiger partial charge on any atom is 0.416 e. The second kappa shape index (κ2) is 8.61. The van der Waals surface area contributed by atoms with Crippen molar-refractivity contribution in [3.05, 3.63) is 46.6 Å². The lowest BCUT2D eigenvalue weighted by molar-refractivity contribution is -0.122. The van der Waals surface area contributed by atoms with Crippen LogP contribution >= 0.6 is 11.6 Å². The summed E-state index contributed by atoms with van der Waals surface area (Å²) in [6, 6.07) is 7.36. The van der Waals surface area contributed by atoms with E-state index in [2.05, 4.69) is 15.2 Å². The molecule has 6 rings (SSSR count). The van der Waals surface area contributed by atoms with E-state index in [0.717, 1.165) is 49.3 Å². The molecule has 1 saturated heterocycles. The Balaban J connectivity index is 1.05. The summed E-state index contributed by atoms with van der Waals surface area (Å²) in [7, 11) is 0. The van der Waals surface area contributed by atoms with Crippen molar-refractivity contribution in [2.24, 2.45) is 0 Å². The molecular formula is C26H29ClN4O5. The number of rotatable bonds is 5. The molecule has 4 aliphatic rings. The fourth-order valence-corrected chi connectivity index (χ4v) is 6.14. The molecule has 1 aromatic heterocycles. The lowest BCUT2D eigenvalue weighted by atomic mass is 9.73. The van der Waals surface area contributed by atoms with Crippen molar-refractivity contribution < 1.29 is 24.2 Å². The number of nitrogens with zero attached hydrogens (tertiary/aromatic N) is 3. The number of aromatic nitrogens is 1. The molecule has 190 valence electrons. The van der Waals surface area contributed by atoms with E-state index in [-0.39, 0.29) is 18.6 Å². The van der Waals surface area contributed by atoms with E-state index in [4.69, 9.17) is 21.1 Å². The standard InChI is InChI=1S/C26H29ClN4O5/c1-25(34)12-18(13-25)31-22-16(15-36-24(31)33)10-19(14-28-22)35-9-8-30-6-4-26(5-7-30)20-11-17(27)2-3-21(20)29-23(26)32/h2-3,10-11,14,18,34H,4-9,12-13,15H2,1H3,(H,29,32)/t18-,25+. The van der Waals surface area contributed by atoms with Crippen molar-refractivity contribution in [3.63, 3.8) is 0 Å². The number of fused-ring (bicyclic) bond motifs is 3. The molecule has 1 spiro atoms. The summed E-state index contributed by atoms with van der Waals surface area (Å²) in [5.41, 5.74) is 1.42.